The van der Waals surface area contributed by atoms with Gasteiger partial charge in [0.2, 0.25) is 0 Å². The minimum absolute atomic E-state index is 0.560. The minimum atomic E-state index is 0.560. The number of aldehydes is 1. The fourth-order valence-corrected chi connectivity index (χ4v) is 3.25. The molecule has 1 aromatic carbocycles. The van der Waals surface area contributed by atoms with E-state index in [1.807, 2.05) is 13.0 Å². The van der Waals surface area contributed by atoms with Gasteiger partial charge in [0.05, 0.1) is 13.2 Å². The second kappa shape index (κ2) is 9.56. The van der Waals surface area contributed by atoms with E-state index in [0.29, 0.717) is 24.5 Å². The summed E-state index contributed by atoms with van der Waals surface area (Å²) in [5.41, 5.74) is 0.611. The highest BCUT2D eigenvalue weighted by atomic mass is 16.5. The van der Waals surface area contributed by atoms with Crippen molar-refractivity contribution < 1.29 is 14.3 Å². The van der Waals surface area contributed by atoms with Gasteiger partial charge in [0, 0.05) is 18.2 Å². The van der Waals surface area contributed by atoms with Crippen molar-refractivity contribution in [2.24, 2.45) is 0 Å². The van der Waals surface area contributed by atoms with E-state index in [0.717, 1.165) is 31.0 Å². The number of hydrogen-bond donors (Lipinski definition) is 0. The SMILES string of the molecule is CCOc1cc(C=O)ccc1OCCCN1CCCCC1CC. The smallest absolute Gasteiger partial charge is 0.161 e. The molecule has 2 rings (SSSR count). The van der Waals surface area contributed by atoms with E-state index in [-0.39, 0.29) is 0 Å². The molecule has 0 aliphatic carbocycles. The van der Waals surface area contributed by atoms with Crippen LogP contribution in [0.25, 0.3) is 0 Å². The highest BCUT2D eigenvalue weighted by molar-refractivity contribution is 5.76. The number of likely N-dealkylation sites (tertiary alicyclic amines) is 1. The zero-order chi connectivity index (χ0) is 16.5. The first-order valence-electron chi connectivity index (χ1n) is 8.87. The summed E-state index contributed by atoms with van der Waals surface area (Å²) in [5.74, 6) is 1.38. The van der Waals surface area contributed by atoms with Crippen LogP contribution in [0.2, 0.25) is 0 Å². The second-order valence-corrected chi connectivity index (χ2v) is 6.05. The molecule has 0 bridgehead atoms. The summed E-state index contributed by atoms with van der Waals surface area (Å²) in [5, 5.41) is 0. The van der Waals surface area contributed by atoms with Gasteiger partial charge in [-0.25, -0.2) is 0 Å². The molecule has 1 fully saturated rings. The largest absolute Gasteiger partial charge is 0.490 e. The topological polar surface area (TPSA) is 38.8 Å². The first kappa shape index (κ1) is 17.8. The number of benzene rings is 1. The van der Waals surface area contributed by atoms with Crippen LogP contribution in [0.15, 0.2) is 18.2 Å². The molecule has 1 heterocycles. The molecule has 128 valence electrons. The Hall–Kier alpha value is -1.55. The van der Waals surface area contributed by atoms with E-state index in [9.17, 15) is 4.79 Å². The molecule has 4 nitrogen and oxygen atoms in total. The van der Waals surface area contributed by atoms with Gasteiger partial charge in [-0.2, -0.15) is 0 Å². The van der Waals surface area contributed by atoms with Crippen LogP contribution >= 0.6 is 0 Å². The summed E-state index contributed by atoms with van der Waals surface area (Å²) in [4.78, 5) is 13.5. The molecule has 1 saturated heterocycles. The number of piperidine rings is 1. The molecule has 1 aliphatic rings. The van der Waals surface area contributed by atoms with E-state index in [1.54, 1.807) is 12.1 Å². The summed E-state index contributed by atoms with van der Waals surface area (Å²) in [7, 11) is 0. The van der Waals surface area contributed by atoms with Gasteiger partial charge in [0.25, 0.3) is 0 Å². The Bertz CT molecular complexity index is 490. The van der Waals surface area contributed by atoms with Gasteiger partial charge in [-0.15, -0.1) is 0 Å². The lowest BCUT2D eigenvalue weighted by atomic mass is 10.00. The number of rotatable bonds is 9. The first-order valence-corrected chi connectivity index (χ1v) is 8.87. The van der Waals surface area contributed by atoms with E-state index in [2.05, 4.69) is 11.8 Å². The van der Waals surface area contributed by atoms with Crippen molar-refractivity contribution in [2.75, 3.05) is 26.3 Å². The molecule has 0 amide bonds. The maximum atomic E-state index is 10.9. The van der Waals surface area contributed by atoms with Crippen molar-refractivity contribution in [3.8, 4) is 11.5 Å². The number of hydrogen-bond acceptors (Lipinski definition) is 4. The quantitative estimate of drug-likeness (QED) is 0.510. The van der Waals surface area contributed by atoms with Crippen molar-refractivity contribution in [2.45, 2.75) is 52.0 Å². The van der Waals surface area contributed by atoms with Crippen LogP contribution in [-0.2, 0) is 0 Å². The van der Waals surface area contributed by atoms with Gasteiger partial charge >= 0.3 is 0 Å². The summed E-state index contributed by atoms with van der Waals surface area (Å²) in [6.45, 7) is 7.75. The van der Waals surface area contributed by atoms with Crippen molar-refractivity contribution >= 4 is 6.29 Å². The molecule has 1 unspecified atom stereocenters. The Morgan fingerprint density at radius 2 is 2.09 bits per heavy atom. The van der Waals surface area contributed by atoms with Gasteiger partial charge < -0.3 is 14.4 Å². The van der Waals surface area contributed by atoms with Crippen LogP contribution in [0.3, 0.4) is 0 Å². The maximum absolute atomic E-state index is 10.9. The van der Waals surface area contributed by atoms with Crippen LogP contribution in [0.5, 0.6) is 11.5 Å². The Morgan fingerprint density at radius 3 is 2.83 bits per heavy atom. The maximum Gasteiger partial charge on any atom is 0.161 e. The van der Waals surface area contributed by atoms with E-state index >= 15 is 0 Å². The third-order valence-corrected chi connectivity index (χ3v) is 4.47. The molecular weight excluding hydrogens is 290 g/mol. The predicted molar refractivity (Wildman–Crippen MR) is 92.6 cm³/mol. The zero-order valence-corrected chi connectivity index (χ0v) is 14.4. The molecule has 1 aliphatic heterocycles. The average Bonchev–Trinajstić information content (AvgIpc) is 2.60. The Balaban J connectivity index is 1.82. The zero-order valence-electron chi connectivity index (χ0n) is 14.4. The molecule has 0 aromatic heterocycles. The predicted octanol–water partition coefficient (Wildman–Crippen LogP) is 3.93. The molecule has 0 saturated carbocycles. The van der Waals surface area contributed by atoms with E-state index < -0.39 is 0 Å². The molecular formula is C19H29NO3. The van der Waals surface area contributed by atoms with Crippen LogP contribution in [-0.4, -0.2) is 43.5 Å². The summed E-state index contributed by atoms with van der Waals surface area (Å²) >= 11 is 0. The number of ether oxygens (including phenoxy) is 2. The molecule has 1 aromatic rings. The molecule has 1 atom stereocenters. The molecule has 4 heteroatoms. The first-order chi connectivity index (χ1) is 11.3. The molecule has 0 spiro atoms. The lowest BCUT2D eigenvalue weighted by Crippen LogP contribution is -2.40. The monoisotopic (exact) mass is 319 g/mol. The summed E-state index contributed by atoms with van der Waals surface area (Å²) < 4.78 is 11.4. The average molecular weight is 319 g/mol. The van der Waals surface area contributed by atoms with Crippen LogP contribution in [0, 0.1) is 0 Å². The summed E-state index contributed by atoms with van der Waals surface area (Å²) in [6.07, 6.45) is 7.10. The van der Waals surface area contributed by atoms with E-state index in [4.69, 9.17) is 9.47 Å². The van der Waals surface area contributed by atoms with Gasteiger partial charge in [-0.1, -0.05) is 13.3 Å². The van der Waals surface area contributed by atoms with Crippen LogP contribution < -0.4 is 9.47 Å². The second-order valence-electron chi connectivity index (χ2n) is 6.05. The molecule has 0 N–H and O–H groups in total. The van der Waals surface area contributed by atoms with Gasteiger partial charge in [0.1, 0.15) is 6.29 Å². The fourth-order valence-electron chi connectivity index (χ4n) is 3.25. The van der Waals surface area contributed by atoms with Gasteiger partial charge in [0.15, 0.2) is 11.5 Å². The van der Waals surface area contributed by atoms with Crippen molar-refractivity contribution in [3.05, 3.63) is 23.8 Å². The Morgan fingerprint density at radius 1 is 1.22 bits per heavy atom. The van der Waals surface area contributed by atoms with Crippen molar-refractivity contribution in [1.82, 2.24) is 4.90 Å². The Labute approximate surface area is 139 Å². The third-order valence-electron chi connectivity index (χ3n) is 4.47. The lowest BCUT2D eigenvalue weighted by molar-refractivity contribution is 0.112. The standard InChI is InChI=1S/C19H29NO3/c1-3-17-8-5-6-11-20(17)12-7-13-23-18-10-9-16(15-21)14-19(18)22-4-2/h9-10,14-15,17H,3-8,11-13H2,1-2H3. The highest BCUT2D eigenvalue weighted by Gasteiger charge is 2.19. The number of carbonyl (C=O) groups excluding carboxylic acids is 1. The van der Waals surface area contributed by atoms with Crippen LogP contribution in [0.1, 0.15) is 56.3 Å². The molecule has 23 heavy (non-hydrogen) atoms. The van der Waals surface area contributed by atoms with E-state index in [1.165, 1.54) is 32.2 Å². The van der Waals surface area contributed by atoms with Crippen molar-refractivity contribution in [1.29, 1.82) is 0 Å². The van der Waals surface area contributed by atoms with Gasteiger partial charge in [-0.3, -0.25) is 4.79 Å². The van der Waals surface area contributed by atoms with Gasteiger partial charge in [-0.05, 0) is 57.4 Å². The molecule has 0 radical (unpaired) electrons. The minimum Gasteiger partial charge on any atom is -0.490 e. The number of carbonyl (C=O) groups is 1. The van der Waals surface area contributed by atoms with Crippen LogP contribution in [0.4, 0.5) is 0 Å². The fraction of sp³-hybridized carbons (Fsp3) is 0.632. The van der Waals surface area contributed by atoms with Crippen molar-refractivity contribution in [3.63, 3.8) is 0 Å². The lowest BCUT2D eigenvalue weighted by Gasteiger charge is -2.35. The number of nitrogens with zero attached hydrogens (tertiary/aromatic N) is 1. The Kier molecular flexibility index (Phi) is 7.40. The summed E-state index contributed by atoms with van der Waals surface area (Å²) in [6, 6.07) is 6.08. The third kappa shape index (κ3) is 5.24. The highest BCUT2D eigenvalue weighted by Crippen LogP contribution is 2.28. The normalized spacial score (nSPS) is 18.6.